The number of carbonyl (C=O) groups is 1. The SMILES string of the molecule is Cc1ncsc1CCNC(=O)N[C@H]1C[C@H](C)S(=O)(=O)c2sccc21. The molecular weight excluding hydrogens is 366 g/mol. The average molecular weight is 386 g/mol. The molecule has 0 saturated heterocycles. The van der Waals surface area contributed by atoms with E-state index in [1.165, 1.54) is 11.3 Å². The fraction of sp³-hybridized carbons (Fsp3) is 0.467. The van der Waals surface area contributed by atoms with Crippen LogP contribution in [-0.4, -0.2) is 31.2 Å². The number of rotatable bonds is 4. The third kappa shape index (κ3) is 3.33. The maximum absolute atomic E-state index is 12.3. The van der Waals surface area contributed by atoms with E-state index in [0.717, 1.165) is 17.0 Å². The van der Waals surface area contributed by atoms with Crippen molar-refractivity contribution in [3.63, 3.8) is 0 Å². The highest BCUT2D eigenvalue weighted by Crippen LogP contribution is 2.39. The topological polar surface area (TPSA) is 88.2 Å². The van der Waals surface area contributed by atoms with Crippen LogP contribution in [-0.2, 0) is 16.3 Å². The third-order valence-electron chi connectivity index (χ3n) is 4.18. The summed E-state index contributed by atoms with van der Waals surface area (Å²) in [7, 11) is -3.26. The highest BCUT2D eigenvalue weighted by atomic mass is 32.2. The predicted octanol–water partition coefficient (Wildman–Crippen LogP) is 2.66. The molecule has 0 aliphatic carbocycles. The van der Waals surface area contributed by atoms with Gasteiger partial charge in [-0.2, -0.15) is 0 Å². The quantitative estimate of drug-likeness (QED) is 0.847. The molecule has 0 aromatic carbocycles. The molecule has 130 valence electrons. The number of thiophene rings is 1. The Morgan fingerprint density at radius 3 is 2.92 bits per heavy atom. The molecule has 3 heterocycles. The van der Waals surface area contributed by atoms with E-state index < -0.39 is 15.1 Å². The molecule has 1 aliphatic heterocycles. The maximum Gasteiger partial charge on any atom is 0.315 e. The standard InChI is InChI=1S/C15H19N3O3S3/c1-9-7-12(11-4-6-22-14(11)24(9,20)21)18-15(19)16-5-3-13-10(2)17-8-23-13/h4,6,8-9,12H,3,5,7H2,1-2H3,(H2,16,18,19)/t9-,12-/m0/s1. The molecule has 0 radical (unpaired) electrons. The van der Waals surface area contributed by atoms with Crippen molar-refractivity contribution in [1.29, 1.82) is 0 Å². The summed E-state index contributed by atoms with van der Waals surface area (Å²) >= 11 is 2.80. The molecular formula is C15H19N3O3S3. The van der Waals surface area contributed by atoms with Crippen LogP contribution in [0.15, 0.2) is 21.2 Å². The van der Waals surface area contributed by atoms with E-state index in [0.29, 0.717) is 22.7 Å². The number of fused-ring (bicyclic) bond motifs is 1. The molecule has 0 fully saturated rings. The van der Waals surface area contributed by atoms with Crippen LogP contribution < -0.4 is 10.6 Å². The number of hydrogen-bond acceptors (Lipinski definition) is 6. The number of nitrogens with one attached hydrogen (secondary N) is 2. The Labute approximate surface area is 149 Å². The van der Waals surface area contributed by atoms with E-state index in [2.05, 4.69) is 15.6 Å². The number of amides is 2. The normalized spacial score (nSPS) is 21.9. The van der Waals surface area contributed by atoms with Crippen molar-refractivity contribution in [2.24, 2.45) is 0 Å². The minimum atomic E-state index is -3.26. The highest BCUT2D eigenvalue weighted by Gasteiger charge is 2.37. The van der Waals surface area contributed by atoms with Crippen molar-refractivity contribution in [2.45, 2.75) is 42.2 Å². The second kappa shape index (κ2) is 6.81. The van der Waals surface area contributed by atoms with Gasteiger partial charge in [0.25, 0.3) is 0 Å². The first-order chi connectivity index (χ1) is 11.4. The summed E-state index contributed by atoms with van der Waals surface area (Å²) in [5, 5.41) is 7.01. The smallest absolute Gasteiger partial charge is 0.315 e. The van der Waals surface area contributed by atoms with Gasteiger partial charge < -0.3 is 10.6 Å². The number of urea groups is 1. The van der Waals surface area contributed by atoms with Crippen molar-refractivity contribution in [1.82, 2.24) is 15.6 Å². The summed E-state index contributed by atoms with van der Waals surface area (Å²) in [5.74, 6) is 0. The Kier molecular flexibility index (Phi) is 4.93. The van der Waals surface area contributed by atoms with Gasteiger partial charge in [-0.15, -0.1) is 22.7 Å². The lowest BCUT2D eigenvalue weighted by atomic mass is 10.1. The monoisotopic (exact) mass is 385 g/mol. The maximum atomic E-state index is 12.3. The number of thiazole rings is 1. The Morgan fingerprint density at radius 1 is 1.42 bits per heavy atom. The fourth-order valence-electron chi connectivity index (χ4n) is 2.76. The van der Waals surface area contributed by atoms with Crippen LogP contribution in [0.4, 0.5) is 4.79 Å². The van der Waals surface area contributed by atoms with Crippen molar-refractivity contribution in [2.75, 3.05) is 6.54 Å². The Balaban J connectivity index is 1.60. The van der Waals surface area contributed by atoms with Crippen LogP contribution in [0.1, 0.15) is 35.5 Å². The zero-order valence-electron chi connectivity index (χ0n) is 13.4. The van der Waals surface area contributed by atoms with Crippen molar-refractivity contribution in [3.8, 4) is 0 Å². The molecule has 2 aromatic rings. The van der Waals surface area contributed by atoms with Gasteiger partial charge >= 0.3 is 6.03 Å². The Bertz CT molecular complexity index is 841. The average Bonchev–Trinajstić information content (AvgIpc) is 3.15. The number of sulfone groups is 1. The molecule has 1 aliphatic rings. The van der Waals surface area contributed by atoms with Crippen LogP contribution in [0.2, 0.25) is 0 Å². The zero-order valence-corrected chi connectivity index (χ0v) is 15.9. The van der Waals surface area contributed by atoms with Crippen LogP contribution >= 0.6 is 22.7 Å². The molecule has 24 heavy (non-hydrogen) atoms. The second-order valence-electron chi connectivity index (χ2n) is 5.82. The minimum absolute atomic E-state index is 0.269. The van der Waals surface area contributed by atoms with Gasteiger partial charge in [0.2, 0.25) is 0 Å². The molecule has 0 spiro atoms. The van der Waals surface area contributed by atoms with Gasteiger partial charge in [-0.1, -0.05) is 0 Å². The first-order valence-electron chi connectivity index (χ1n) is 7.64. The molecule has 2 aromatic heterocycles. The van der Waals surface area contributed by atoms with Gasteiger partial charge in [-0.3, -0.25) is 0 Å². The summed E-state index contributed by atoms with van der Waals surface area (Å²) in [6.45, 7) is 4.16. The lowest BCUT2D eigenvalue weighted by Crippen LogP contribution is -2.42. The van der Waals surface area contributed by atoms with Crippen LogP contribution in [0.5, 0.6) is 0 Å². The molecule has 0 saturated carbocycles. The zero-order chi connectivity index (χ0) is 17.3. The number of aromatic nitrogens is 1. The van der Waals surface area contributed by atoms with Gasteiger partial charge in [0, 0.05) is 23.4 Å². The Morgan fingerprint density at radius 2 is 2.21 bits per heavy atom. The molecule has 3 rings (SSSR count). The van der Waals surface area contributed by atoms with Crippen molar-refractivity contribution in [3.05, 3.63) is 33.1 Å². The highest BCUT2D eigenvalue weighted by molar-refractivity contribution is 7.94. The molecule has 9 heteroatoms. The predicted molar refractivity (Wildman–Crippen MR) is 95.4 cm³/mol. The minimum Gasteiger partial charge on any atom is -0.338 e. The summed E-state index contributed by atoms with van der Waals surface area (Å²) in [6, 6.07) is 1.25. The van der Waals surface area contributed by atoms with E-state index in [-0.39, 0.29) is 12.1 Å². The van der Waals surface area contributed by atoms with E-state index in [1.807, 2.05) is 6.92 Å². The summed E-state index contributed by atoms with van der Waals surface area (Å²) in [5.41, 5.74) is 3.50. The van der Waals surface area contributed by atoms with E-state index >= 15 is 0 Å². The van der Waals surface area contributed by atoms with E-state index in [1.54, 1.807) is 35.2 Å². The van der Waals surface area contributed by atoms with Gasteiger partial charge in [0.05, 0.1) is 22.5 Å². The summed E-state index contributed by atoms with van der Waals surface area (Å²) in [4.78, 5) is 17.5. The molecule has 0 unspecified atom stereocenters. The molecule has 2 amide bonds. The largest absolute Gasteiger partial charge is 0.338 e. The van der Waals surface area contributed by atoms with Crippen molar-refractivity contribution >= 4 is 38.5 Å². The number of carbonyl (C=O) groups excluding carboxylic acids is 1. The fourth-order valence-corrected chi connectivity index (χ4v) is 6.78. The number of nitrogens with zero attached hydrogens (tertiary/aromatic N) is 1. The summed E-state index contributed by atoms with van der Waals surface area (Å²) in [6.07, 6.45) is 1.14. The summed E-state index contributed by atoms with van der Waals surface area (Å²) < 4.78 is 25.0. The third-order valence-corrected chi connectivity index (χ3v) is 8.88. The van der Waals surface area contributed by atoms with Gasteiger partial charge in [0.15, 0.2) is 9.84 Å². The first-order valence-corrected chi connectivity index (χ1v) is 10.9. The number of hydrogen-bond donors (Lipinski definition) is 2. The molecule has 6 nitrogen and oxygen atoms in total. The number of aryl methyl sites for hydroxylation is 1. The van der Waals surface area contributed by atoms with Gasteiger partial charge in [0.1, 0.15) is 4.21 Å². The Hall–Kier alpha value is -1.45. The van der Waals surface area contributed by atoms with Gasteiger partial charge in [-0.05, 0) is 31.7 Å². The molecule has 2 N–H and O–H groups in total. The van der Waals surface area contributed by atoms with Crippen LogP contribution in [0.3, 0.4) is 0 Å². The van der Waals surface area contributed by atoms with Crippen LogP contribution in [0, 0.1) is 6.92 Å². The molecule has 2 atom stereocenters. The second-order valence-corrected chi connectivity index (χ2v) is 10.2. The molecule has 0 bridgehead atoms. The lowest BCUT2D eigenvalue weighted by Gasteiger charge is -2.28. The lowest BCUT2D eigenvalue weighted by molar-refractivity contribution is 0.236. The van der Waals surface area contributed by atoms with Gasteiger partial charge in [-0.25, -0.2) is 18.2 Å². The first kappa shape index (κ1) is 17.4. The van der Waals surface area contributed by atoms with E-state index in [4.69, 9.17) is 0 Å². The van der Waals surface area contributed by atoms with Crippen molar-refractivity contribution < 1.29 is 13.2 Å². The van der Waals surface area contributed by atoms with E-state index in [9.17, 15) is 13.2 Å². The van der Waals surface area contributed by atoms with Crippen LogP contribution in [0.25, 0.3) is 0 Å².